The van der Waals surface area contributed by atoms with Crippen molar-refractivity contribution in [2.45, 2.75) is 59.2 Å². The zero-order valence-electron chi connectivity index (χ0n) is 15.7. The van der Waals surface area contributed by atoms with Gasteiger partial charge in [-0.05, 0) is 30.4 Å². The second kappa shape index (κ2) is 8.83. The van der Waals surface area contributed by atoms with Gasteiger partial charge in [0.25, 0.3) is 0 Å². The lowest BCUT2D eigenvalue weighted by molar-refractivity contribution is -0.119. The van der Waals surface area contributed by atoms with E-state index >= 15 is 0 Å². The number of hydrogen-bond donors (Lipinski definition) is 2. The molecule has 25 heavy (non-hydrogen) atoms. The van der Waals surface area contributed by atoms with Crippen LogP contribution in [-0.4, -0.2) is 40.5 Å². The first-order chi connectivity index (χ1) is 11.9. The first kappa shape index (κ1) is 19.2. The van der Waals surface area contributed by atoms with E-state index < -0.39 is 0 Å². The van der Waals surface area contributed by atoms with Crippen LogP contribution in [0.4, 0.5) is 4.79 Å². The van der Waals surface area contributed by atoms with Crippen LogP contribution in [-0.2, 0) is 11.3 Å². The molecule has 1 aromatic heterocycles. The molecule has 0 saturated carbocycles. The molecule has 0 bridgehead atoms. The predicted molar refractivity (Wildman–Crippen MR) is 97.8 cm³/mol. The van der Waals surface area contributed by atoms with E-state index in [4.69, 9.17) is 0 Å². The van der Waals surface area contributed by atoms with Crippen molar-refractivity contribution in [2.75, 3.05) is 6.54 Å². The van der Waals surface area contributed by atoms with Crippen LogP contribution in [0.2, 0.25) is 0 Å². The zero-order valence-corrected chi connectivity index (χ0v) is 15.7. The summed E-state index contributed by atoms with van der Waals surface area (Å²) in [6.07, 6.45) is 3.03. The van der Waals surface area contributed by atoms with E-state index in [0.29, 0.717) is 31.3 Å². The highest BCUT2D eigenvalue weighted by atomic mass is 16.2. The fourth-order valence-electron chi connectivity index (χ4n) is 3.32. The van der Waals surface area contributed by atoms with Crippen LogP contribution in [0.3, 0.4) is 0 Å². The lowest BCUT2D eigenvalue weighted by atomic mass is 9.93. The molecule has 2 heterocycles. The van der Waals surface area contributed by atoms with Crippen LogP contribution >= 0.6 is 0 Å². The maximum atomic E-state index is 12.9. The standard InChI is InChI=1S/C19H30N4O2/c1-13(2)18(14(3)4)22-19(25)23(11-15-7-5-6-10-20-15)12-16-8-9-17(24)21-16/h5-7,10,13-14,16,18H,8-9,11-12H2,1-4H3,(H,21,24)(H,22,25)/t16-/m0/s1. The van der Waals surface area contributed by atoms with Gasteiger partial charge in [-0.2, -0.15) is 0 Å². The van der Waals surface area contributed by atoms with Gasteiger partial charge < -0.3 is 15.5 Å². The molecule has 2 rings (SSSR count). The molecule has 6 nitrogen and oxygen atoms in total. The van der Waals surface area contributed by atoms with Gasteiger partial charge in [-0.15, -0.1) is 0 Å². The number of carbonyl (C=O) groups excluding carboxylic acids is 2. The summed E-state index contributed by atoms with van der Waals surface area (Å²) in [5, 5.41) is 6.11. The number of nitrogens with zero attached hydrogens (tertiary/aromatic N) is 2. The molecule has 6 heteroatoms. The van der Waals surface area contributed by atoms with Crippen LogP contribution in [0.5, 0.6) is 0 Å². The topological polar surface area (TPSA) is 74.3 Å². The van der Waals surface area contributed by atoms with Crippen molar-refractivity contribution >= 4 is 11.9 Å². The van der Waals surface area contributed by atoms with E-state index in [1.54, 1.807) is 11.1 Å². The largest absolute Gasteiger partial charge is 0.352 e. The fraction of sp³-hybridized carbons (Fsp3) is 0.632. The summed E-state index contributed by atoms with van der Waals surface area (Å²) in [6.45, 7) is 9.39. The number of amides is 3. The van der Waals surface area contributed by atoms with Crippen molar-refractivity contribution in [3.05, 3.63) is 30.1 Å². The molecule has 0 unspecified atom stereocenters. The summed E-state index contributed by atoms with van der Waals surface area (Å²) in [7, 11) is 0. The highest BCUT2D eigenvalue weighted by molar-refractivity contribution is 5.79. The molecule has 0 radical (unpaired) electrons. The number of nitrogens with one attached hydrogen (secondary N) is 2. The summed E-state index contributed by atoms with van der Waals surface area (Å²) in [6, 6.07) is 5.71. The molecule has 0 spiro atoms. The van der Waals surface area contributed by atoms with E-state index in [1.807, 2.05) is 18.2 Å². The Hall–Kier alpha value is -2.11. The average Bonchev–Trinajstić information content (AvgIpc) is 2.97. The Morgan fingerprint density at radius 2 is 2.04 bits per heavy atom. The molecule has 0 aliphatic carbocycles. The number of carbonyl (C=O) groups is 2. The van der Waals surface area contributed by atoms with Gasteiger partial charge in [-0.3, -0.25) is 9.78 Å². The average molecular weight is 346 g/mol. The van der Waals surface area contributed by atoms with E-state index in [1.165, 1.54) is 0 Å². The zero-order chi connectivity index (χ0) is 18.4. The number of aromatic nitrogens is 1. The second-order valence-electron chi connectivity index (χ2n) is 7.47. The monoisotopic (exact) mass is 346 g/mol. The number of pyridine rings is 1. The SMILES string of the molecule is CC(C)C(NC(=O)N(Cc1ccccn1)C[C@@H]1CCC(=O)N1)C(C)C. The van der Waals surface area contributed by atoms with Crippen LogP contribution in [0.25, 0.3) is 0 Å². The van der Waals surface area contributed by atoms with Crippen molar-refractivity contribution in [3.63, 3.8) is 0 Å². The Labute approximate surface area is 150 Å². The van der Waals surface area contributed by atoms with Gasteiger partial charge >= 0.3 is 6.03 Å². The molecule has 1 atom stereocenters. The minimum Gasteiger partial charge on any atom is -0.352 e. The maximum absolute atomic E-state index is 12.9. The van der Waals surface area contributed by atoms with Gasteiger partial charge in [0.15, 0.2) is 0 Å². The number of rotatable bonds is 7. The highest BCUT2D eigenvalue weighted by Gasteiger charge is 2.28. The Morgan fingerprint density at radius 3 is 2.56 bits per heavy atom. The molecule has 1 aliphatic heterocycles. The van der Waals surface area contributed by atoms with Crippen LogP contribution in [0, 0.1) is 11.8 Å². The first-order valence-electron chi connectivity index (χ1n) is 9.11. The summed E-state index contributed by atoms with van der Waals surface area (Å²) in [5.41, 5.74) is 0.840. The van der Waals surface area contributed by atoms with Crippen molar-refractivity contribution in [3.8, 4) is 0 Å². The Morgan fingerprint density at radius 1 is 1.32 bits per heavy atom. The molecule has 138 valence electrons. The van der Waals surface area contributed by atoms with Gasteiger partial charge in [-0.1, -0.05) is 33.8 Å². The van der Waals surface area contributed by atoms with Crippen LogP contribution < -0.4 is 10.6 Å². The maximum Gasteiger partial charge on any atom is 0.318 e. The molecule has 3 amide bonds. The summed E-state index contributed by atoms with van der Waals surface area (Å²) in [4.78, 5) is 30.5. The molecule has 1 fully saturated rings. The smallest absolute Gasteiger partial charge is 0.318 e. The Bertz CT molecular complexity index is 566. The third-order valence-corrected chi connectivity index (χ3v) is 4.62. The van der Waals surface area contributed by atoms with Crippen molar-refractivity contribution in [1.29, 1.82) is 0 Å². The third kappa shape index (κ3) is 5.73. The van der Waals surface area contributed by atoms with E-state index in [9.17, 15) is 9.59 Å². The van der Waals surface area contributed by atoms with Crippen LogP contribution in [0.1, 0.15) is 46.2 Å². The van der Waals surface area contributed by atoms with Crippen molar-refractivity contribution in [1.82, 2.24) is 20.5 Å². The second-order valence-corrected chi connectivity index (χ2v) is 7.47. The molecule has 0 aromatic carbocycles. The van der Waals surface area contributed by atoms with Gasteiger partial charge in [0.1, 0.15) is 0 Å². The summed E-state index contributed by atoms with van der Waals surface area (Å²) >= 11 is 0. The van der Waals surface area contributed by atoms with Crippen LogP contribution in [0.15, 0.2) is 24.4 Å². The molecule has 1 aliphatic rings. The third-order valence-electron chi connectivity index (χ3n) is 4.62. The van der Waals surface area contributed by atoms with Gasteiger partial charge in [0, 0.05) is 31.2 Å². The van der Waals surface area contributed by atoms with Crippen molar-refractivity contribution < 1.29 is 9.59 Å². The minimum atomic E-state index is -0.0980. The van der Waals surface area contributed by atoms with Crippen molar-refractivity contribution in [2.24, 2.45) is 11.8 Å². The molecule has 1 aromatic rings. The number of hydrogen-bond acceptors (Lipinski definition) is 3. The van der Waals surface area contributed by atoms with Gasteiger partial charge in [0.05, 0.1) is 12.2 Å². The van der Waals surface area contributed by atoms with Gasteiger partial charge in [-0.25, -0.2) is 4.79 Å². The normalized spacial score (nSPS) is 17.2. The van der Waals surface area contributed by atoms with Gasteiger partial charge in [0.2, 0.25) is 5.91 Å². The van der Waals surface area contributed by atoms with E-state index in [0.717, 1.165) is 12.1 Å². The number of urea groups is 1. The summed E-state index contributed by atoms with van der Waals surface area (Å²) in [5.74, 6) is 0.768. The minimum absolute atomic E-state index is 0.0125. The predicted octanol–water partition coefficient (Wildman–Crippen LogP) is 2.55. The fourth-order valence-corrected chi connectivity index (χ4v) is 3.32. The summed E-state index contributed by atoms with van der Waals surface area (Å²) < 4.78 is 0. The lowest BCUT2D eigenvalue weighted by Crippen LogP contribution is -2.51. The molecular weight excluding hydrogens is 316 g/mol. The van der Waals surface area contributed by atoms with E-state index in [-0.39, 0.29) is 24.0 Å². The first-order valence-corrected chi connectivity index (χ1v) is 9.11. The van der Waals surface area contributed by atoms with E-state index in [2.05, 4.69) is 43.3 Å². The Balaban J connectivity index is 2.09. The molecule has 1 saturated heterocycles. The molecular formula is C19H30N4O2. The quantitative estimate of drug-likeness (QED) is 0.797. The Kier molecular flexibility index (Phi) is 6.79. The molecule has 2 N–H and O–H groups in total. The highest BCUT2D eigenvalue weighted by Crippen LogP contribution is 2.15. The lowest BCUT2D eigenvalue weighted by Gasteiger charge is -2.31.